The number of ether oxygens (including phenoxy) is 1. The van der Waals surface area contributed by atoms with E-state index in [0.29, 0.717) is 12.1 Å². The van der Waals surface area contributed by atoms with Crippen LogP contribution in [0.1, 0.15) is 15.9 Å². The van der Waals surface area contributed by atoms with E-state index in [-0.39, 0.29) is 17.4 Å². The molecule has 0 saturated carbocycles. The number of carboxylic acid groups (broad SMARTS) is 1. The molecule has 0 aromatic heterocycles. The van der Waals surface area contributed by atoms with E-state index in [1.807, 2.05) is 0 Å². The Labute approximate surface area is 99.3 Å². The first-order chi connectivity index (χ1) is 8.43. The van der Waals surface area contributed by atoms with Crippen LogP contribution >= 0.6 is 0 Å². The summed E-state index contributed by atoms with van der Waals surface area (Å²) >= 11 is 0. The Morgan fingerprint density at radius 1 is 1.33 bits per heavy atom. The predicted molar refractivity (Wildman–Crippen MR) is 55.1 cm³/mol. The van der Waals surface area contributed by atoms with Gasteiger partial charge in [0.1, 0.15) is 11.6 Å². The van der Waals surface area contributed by atoms with Crippen molar-refractivity contribution < 1.29 is 32.6 Å². The summed E-state index contributed by atoms with van der Waals surface area (Å²) in [4.78, 5) is 20.9. The highest BCUT2D eigenvalue weighted by molar-refractivity contribution is 5.86. The van der Waals surface area contributed by atoms with Crippen molar-refractivity contribution in [2.75, 3.05) is 0 Å². The van der Waals surface area contributed by atoms with E-state index in [1.165, 1.54) is 0 Å². The zero-order valence-electron chi connectivity index (χ0n) is 8.77. The second-order valence-electron chi connectivity index (χ2n) is 3.08. The van der Waals surface area contributed by atoms with Gasteiger partial charge < -0.3 is 9.84 Å². The molecular weight excluding hydrogens is 253 g/mol. The molecule has 0 atom stereocenters. The van der Waals surface area contributed by atoms with Gasteiger partial charge in [0.15, 0.2) is 6.29 Å². The molecule has 0 heterocycles. The number of hydrogen-bond donors (Lipinski definition) is 1. The maximum Gasteiger partial charge on any atom is 0.387 e. The van der Waals surface area contributed by atoms with Crippen LogP contribution in [0, 0.1) is 5.82 Å². The summed E-state index contributed by atoms with van der Waals surface area (Å²) in [5.74, 6) is -2.89. The number of aldehydes is 1. The van der Waals surface area contributed by atoms with Crippen LogP contribution < -0.4 is 4.74 Å². The molecule has 0 aliphatic carbocycles. The number of halogens is 3. The van der Waals surface area contributed by atoms with E-state index in [9.17, 15) is 22.8 Å². The predicted octanol–water partition coefficient (Wildman–Crippen LogP) is 2.34. The molecule has 0 saturated heterocycles. The minimum atomic E-state index is -3.19. The monoisotopic (exact) mass is 260 g/mol. The lowest BCUT2D eigenvalue weighted by atomic mass is 10.1. The largest absolute Gasteiger partial charge is 0.478 e. The summed E-state index contributed by atoms with van der Waals surface area (Å²) in [6, 6.07) is 1.51. The second kappa shape index (κ2) is 5.85. The number of alkyl halides is 2. The molecule has 0 aliphatic rings. The first-order valence-corrected chi connectivity index (χ1v) is 4.58. The Morgan fingerprint density at radius 2 is 2.00 bits per heavy atom. The normalized spacial score (nSPS) is 10.9. The first-order valence-electron chi connectivity index (χ1n) is 4.58. The number of hydrogen-bond acceptors (Lipinski definition) is 3. The van der Waals surface area contributed by atoms with E-state index in [2.05, 4.69) is 4.74 Å². The minimum absolute atomic E-state index is 0.204. The molecule has 7 heteroatoms. The highest BCUT2D eigenvalue weighted by Gasteiger charge is 2.13. The van der Waals surface area contributed by atoms with Gasteiger partial charge in [-0.25, -0.2) is 9.18 Å². The topological polar surface area (TPSA) is 63.6 Å². The third-order valence-electron chi connectivity index (χ3n) is 1.88. The molecule has 4 nitrogen and oxygen atoms in total. The molecule has 1 aromatic carbocycles. The SMILES string of the molecule is O=Cc1cc(/C=C/C(=O)O)c(F)cc1OC(F)F. The van der Waals surface area contributed by atoms with Crippen molar-refractivity contribution in [3.05, 3.63) is 35.2 Å². The van der Waals surface area contributed by atoms with Crippen molar-refractivity contribution in [3.8, 4) is 5.75 Å². The Balaban J connectivity index is 3.17. The van der Waals surface area contributed by atoms with E-state index in [1.54, 1.807) is 0 Å². The second-order valence-corrected chi connectivity index (χ2v) is 3.08. The summed E-state index contributed by atoms with van der Waals surface area (Å²) in [5, 5.41) is 8.36. The van der Waals surface area contributed by atoms with Gasteiger partial charge in [-0.1, -0.05) is 0 Å². The first kappa shape index (κ1) is 13.8. The zero-order valence-corrected chi connectivity index (χ0v) is 8.77. The third kappa shape index (κ3) is 3.62. The number of aliphatic carboxylic acids is 1. The lowest BCUT2D eigenvalue weighted by Crippen LogP contribution is -2.05. The van der Waals surface area contributed by atoms with Crippen LogP contribution in [0.4, 0.5) is 13.2 Å². The van der Waals surface area contributed by atoms with Gasteiger partial charge in [0, 0.05) is 17.7 Å². The minimum Gasteiger partial charge on any atom is -0.478 e. The molecule has 0 radical (unpaired) electrons. The van der Waals surface area contributed by atoms with Crippen LogP contribution in [-0.4, -0.2) is 24.0 Å². The fourth-order valence-corrected chi connectivity index (χ4v) is 1.17. The summed E-state index contributed by atoms with van der Waals surface area (Å²) in [7, 11) is 0. The van der Waals surface area contributed by atoms with Crippen molar-refractivity contribution in [1.82, 2.24) is 0 Å². The Bertz CT molecular complexity index is 497. The molecule has 0 aliphatic heterocycles. The highest BCUT2D eigenvalue weighted by atomic mass is 19.3. The molecule has 0 amide bonds. The number of carboxylic acids is 1. The van der Waals surface area contributed by atoms with E-state index in [0.717, 1.165) is 12.1 Å². The Morgan fingerprint density at radius 3 is 2.50 bits per heavy atom. The molecule has 1 rings (SSSR count). The maximum atomic E-state index is 13.4. The maximum absolute atomic E-state index is 13.4. The quantitative estimate of drug-likeness (QED) is 0.652. The van der Waals surface area contributed by atoms with E-state index >= 15 is 0 Å². The third-order valence-corrected chi connectivity index (χ3v) is 1.88. The van der Waals surface area contributed by atoms with Crippen LogP contribution in [0.5, 0.6) is 5.75 Å². The van der Waals surface area contributed by atoms with Crippen LogP contribution in [-0.2, 0) is 4.79 Å². The van der Waals surface area contributed by atoms with Gasteiger partial charge in [-0.3, -0.25) is 4.79 Å². The van der Waals surface area contributed by atoms with Crippen molar-refractivity contribution in [2.45, 2.75) is 6.61 Å². The average Bonchev–Trinajstić information content (AvgIpc) is 2.27. The van der Waals surface area contributed by atoms with Crippen LogP contribution in [0.2, 0.25) is 0 Å². The van der Waals surface area contributed by atoms with Gasteiger partial charge in [-0.15, -0.1) is 0 Å². The smallest absolute Gasteiger partial charge is 0.387 e. The van der Waals surface area contributed by atoms with Crippen LogP contribution in [0.3, 0.4) is 0 Å². The lowest BCUT2D eigenvalue weighted by molar-refractivity contribution is -0.131. The van der Waals surface area contributed by atoms with Crippen molar-refractivity contribution >= 4 is 18.3 Å². The van der Waals surface area contributed by atoms with E-state index in [4.69, 9.17) is 5.11 Å². The van der Waals surface area contributed by atoms with Crippen molar-refractivity contribution in [1.29, 1.82) is 0 Å². The number of carbonyl (C=O) groups excluding carboxylic acids is 1. The summed E-state index contributed by atoms with van der Waals surface area (Å²) in [5.41, 5.74) is -0.525. The van der Waals surface area contributed by atoms with Gasteiger partial charge >= 0.3 is 12.6 Å². The number of benzene rings is 1. The average molecular weight is 260 g/mol. The molecule has 1 N–H and O–H groups in total. The molecule has 0 spiro atoms. The molecular formula is C11H7F3O4. The Kier molecular flexibility index (Phi) is 4.47. The lowest BCUT2D eigenvalue weighted by Gasteiger charge is -2.08. The highest BCUT2D eigenvalue weighted by Crippen LogP contribution is 2.24. The summed E-state index contributed by atoms with van der Waals surface area (Å²) < 4.78 is 41.3. The Hall–Kier alpha value is -2.31. The molecule has 0 unspecified atom stereocenters. The van der Waals surface area contributed by atoms with Gasteiger partial charge in [0.05, 0.1) is 5.56 Å². The standard InChI is InChI=1S/C11H7F3O4/c12-8-4-9(18-11(13)14)7(5-15)3-6(8)1-2-10(16)17/h1-5,11H,(H,16,17)/b2-1+. The van der Waals surface area contributed by atoms with Crippen molar-refractivity contribution in [2.24, 2.45) is 0 Å². The number of carbonyl (C=O) groups is 2. The van der Waals surface area contributed by atoms with Crippen molar-refractivity contribution in [3.63, 3.8) is 0 Å². The van der Waals surface area contributed by atoms with Crippen LogP contribution in [0.25, 0.3) is 6.08 Å². The van der Waals surface area contributed by atoms with Gasteiger partial charge in [0.25, 0.3) is 0 Å². The summed E-state index contributed by atoms with van der Waals surface area (Å²) in [6.07, 6.45) is 1.76. The molecule has 18 heavy (non-hydrogen) atoms. The molecule has 0 fully saturated rings. The fourth-order valence-electron chi connectivity index (χ4n) is 1.17. The van der Waals surface area contributed by atoms with Gasteiger partial charge in [-0.05, 0) is 12.1 Å². The van der Waals surface area contributed by atoms with Crippen LogP contribution in [0.15, 0.2) is 18.2 Å². The molecule has 0 bridgehead atoms. The van der Waals surface area contributed by atoms with E-state index < -0.39 is 24.1 Å². The number of rotatable bonds is 5. The van der Waals surface area contributed by atoms with Gasteiger partial charge in [0.2, 0.25) is 0 Å². The fraction of sp³-hybridized carbons (Fsp3) is 0.0909. The zero-order chi connectivity index (χ0) is 13.7. The molecule has 1 aromatic rings. The molecule has 96 valence electrons. The summed E-state index contributed by atoms with van der Waals surface area (Å²) in [6.45, 7) is -3.19. The van der Waals surface area contributed by atoms with Gasteiger partial charge in [-0.2, -0.15) is 8.78 Å².